The minimum absolute atomic E-state index is 0.0123. The van der Waals surface area contributed by atoms with E-state index < -0.39 is 127 Å². The number of hydrogen-bond acceptors (Lipinski definition) is 17. The first-order chi connectivity index (χ1) is 33.0. The molecule has 0 fully saturated rings. The van der Waals surface area contributed by atoms with Gasteiger partial charge in [-0.1, -0.05) is 0 Å². The number of aliphatic hydroxyl groups is 1. The lowest BCUT2D eigenvalue weighted by molar-refractivity contribution is -0.142. The van der Waals surface area contributed by atoms with Crippen molar-refractivity contribution in [1.29, 1.82) is 0 Å². The van der Waals surface area contributed by atoms with Crippen LogP contribution in [0.25, 0.3) is 0 Å². The maximum Gasteiger partial charge on any atom is 0.326 e. The van der Waals surface area contributed by atoms with Gasteiger partial charge in [-0.25, -0.2) is 9.78 Å². The van der Waals surface area contributed by atoms with E-state index in [2.05, 4.69) is 70.1 Å². The van der Waals surface area contributed by atoms with Crippen LogP contribution in [0.2, 0.25) is 0 Å². The van der Waals surface area contributed by atoms with Gasteiger partial charge >= 0.3 is 5.97 Å². The van der Waals surface area contributed by atoms with Crippen LogP contribution in [0.5, 0.6) is 0 Å². The number of nitrogens with one attached hydrogen (secondary N) is 9. The van der Waals surface area contributed by atoms with E-state index in [1.165, 1.54) is 26.4 Å². The van der Waals surface area contributed by atoms with E-state index in [1.807, 2.05) is 0 Å². The molecule has 70 heavy (non-hydrogen) atoms. The summed E-state index contributed by atoms with van der Waals surface area (Å²) in [6.07, 6.45) is 2.19. The molecule has 9 atom stereocenters. The second-order valence-electron chi connectivity index (χ2n) is 16.1. The highest BCUT2D eigenvalue weighted by Gasteiger charge is 2.34. The van der Waals surface area contributed by atoms with Crippen LogP contribution in [0.4, 0.5) is 0 Å². The Morgan fingerprint density at radius 3 is 1.76 bits per heavy atom. The van der Waals surface area contributed by atoms with Crippen LogP contribution in [0, 0.1) is 0 Å². The Hall–Kier alpha value is -6.63. The zero-order valence-corrected chi connectivity index (χ0v) is 40.1. The van der Waals surface area contributed by atoms with Crippen LogP contribution in [0.3, 0.4) is 0 Å². The fourth-order valence-corrected chi connectivity index (χ4v) is 6.56. The second-order valence-corrected chi connectivity index (χ2v) is 16.5. The van der Waals surface area contributed by atoms with Crippen molar-refractivity contribution >= 4 is 77.7 Å². The average molecular weight is 1010 g/mol. The number of hydrogen-bond donors (Lipinski definition) is 18. The van der Waals surface area contributed by atoms with E-state index >= 15 is 0 Å². The number of thiol groups is 1. The molecule has 23 N–H and O–H groups in total. The highest BCUT2D eigenvalue weighted by molar-refractivity contribution is 7.80. The zero-order chi connectivity index (χ0) is 52.9. The van der Waals surface area contributed by atoms with E-state index in [1.54, 1.807) is 0 Å². The number of aromatic nitrogens is 2. The van der Waals surface area contributed by atoms with Gasteiger partial charge in [0, 0.05) is 30.6 Å². The number of primary amides is 1. The van der Waals surface area contributed by atoms with Gasteiger partial charge in [-0.05, 0) is 78.3 Å². The molecule has 9 amide bonds. The number of H-pyrrole nitrogens is 1. The Bertz CT molecular complexity index is 1920. The molecule has 0 aliphatic heterocycles. The van der Waals surface area contributed by atoms with Gasteiger partial charge in [0.15, 0.2) is 5.96 Å². The molecular formula is C40H71N17O12S. The van der Waals surface area contributed by atoms with Gasteiger partial charge in [0.05, 0.1) is 31.4 Å². The number of aliphatic carboxylic acids is 1. The number of aliphatic hydroxyl groups excluding tert-OH is 1. The molecule has 0 saturated carbocycles. The maximum atomic E-state index is 13.7. The van der Waals surface area contributed by atoms with Gasteiger partial charge in [0.1, 0.15) is 42.3 Å². The van der Waals surface area contributed by atoms with Gasteiger partial charge in [0.25, 0.3) is 0 Å². The molecule has 0 radical (unpaired) electrons. The molecule has 0 saturated heterocycles. The first-order valence-corrected chi connectivity index (χ1v) is 23.1. The fourth-order valence-electron chi connectivity index (χ4n) is 6.30. The average Bonchev–Trinajstić information content (AvgIpc) is 3.81. The number of carboxylic acids is 1. The van der Waals surface area contributed by atoms with E-state index in [9.17, 15) is 58.2 Å². The van der Waals surface area contributed by atoms with E-state index in [4.69, 9.17) is 34.4 Å². The summed E-state index contributed by atoms with van der Waals surface area (Å²) in [4.78, 5) is 140. The van der Waals surface area contributed by atoms with Crippen molar-refractivity contribution in [1.82, 2.24) is 52.5 Å². The van der Waals surface area contributed by atoms with E-state index in [0.717, 1.165) is 0 Å². The van der Waals surface area contributed by atoms with Crippen molar-refractivity contribution < 1.29 is 58.2 Å². The summed E-state index contributed by atoms with van der Waals surface area (Å²) in [6, 6.07) is -11.2. The molecule has 1 aromatic heterocycles. The molecule has 1 rings (SSSR count). The third kappa shape index (κ3) is 24.1. The van der Waals surface area contributed by atoms with Crippen molar-refractivity contribution in [3.05, 3.63) is 18.2 Å². The lowest BCUT2D eigenvalue weighted by Gasteiger charge is -2.27. The highest BCUT2D eigenvalue weighted by atomic mass is 32.1. The van der Waals surface area contributed by atoms with Gasteiger partial charge in [0.2, 0.25) is 53.2 Å². The van der Waals surface area contributed by atoms with Gasteiger partial charge in [-0.15, -0.1) is 0 Å². The zero-order valence-electron chi connectivity index (χ0n) is 39.2. The number of carboxylic acid groups (broad SMARTS) is 1. The van der Waals surface area contributed by atoms with Crippen LogP contribution in [0.1, 0.15) is 77.3 Å². The quantitative estimate of drug-likeness (QED) is 0.0130. The van der Waals surface area contributed by atoms with Crippen molar-refractivity contribution in [2.75, 3.05) is 31.9 Å². The number of imidazole rings is 1. The van der Waals surface area contributed by atoms with Crippen molar-refractivity contribution in [2.24, 2.45) is 39.4 Å². The normalized spacial score (nSPS) is 14.8. The number of amides is 9. The number of aromatic amines is 1. The lowest BCUT2D eigenvalue weighted by Crippen LogP contribution is -2.61. The number of nitrogens with two attached hydrogens (primary N) is 6. The molecule has 0 bridgehead atoms. The molecule has 0 spiro atoms. The van der Waals surface area contributed by atoms with Crippen molar-refractivity contribution in [3.8, 4) is 0 Å². The molecule has 0 unspecified atom stereocenters. The van der Waals surface area contributed by atoms with Crippen LogP contribution in [0.15, 0.2) is 17.5 Å². The Labute approximate surface area is 409 Å². The number of unbranched alkanes of at least 4 members (excludes halogenated alkanes) is 2. The molecule has 29 nitrogen and oxygen atoms in total. The maximum absolute atomic E-state index is 13.7. The van der Waals surface area contributed by atoms with Crippen molar-refractivity contribution in [2.45, 2.75) is 132 Å². The molecule has 0 aliphatic carbocycles. The van der Waals surface area contributed by atoms with Crippen LogP contribution in [-0.2, 0) is 54.4 Å². The number of carbonyl (C=O) groups excluding carboxylic acids is 9. The Kier molecular flexibility index (Phi) is 28.9. The molecule has 394 valence electrons. The van der Waals surface area contributed by atoms with Crippen molar-refractivity contribution in [3.63, 3.8) is 0 Å². The number of rotatable bonds is 35. The number of carbonyl (C=O) groups is 10. The first-order valence-electron chi connectivity index (χ1n) is 22.4. The number of guanidine groups is 1. The van der Waals surface area contributed by atoms with Crippen LogP contribution in [-0.4, -0.2) is 172 Å². The molecule has 0 aliphatic rings. The van der Waals surface area contributed by atoms with E-state index in [0.29, 0.717) is 31.4 Å². The molecular weight excluding hydrogens is 943 g/mol. The summed E-state index contributed by atoms with van der Waals surface area (Å²) >= 11 is 4.07. The second kappa shape index (κ2) is 33.0. The van der Waals surface area contributed by atoms with Crippen LogP contribution < -0.4 is 76.9 Å². The van der Waals surface area contributed by atoms with Crippen LogP contribution >= 0.6 is 12.6 Å². The highest BCUT2D eigenvalue weighted by Crippen LogP contribution is 2.08. The molecule has 0 aromatic carbocycles. The predicted octanol–water partition coefficient (Wildman–Crippen LogP) is -7.61. The first kappa shape index (κ1) is 61.4. The lowest BCUT2D eigenvalue weighted by atomic mass is 10.0. The molecule has 30 heteroatoms. The minimum Gasteiger partial charge on any atom is -0.480 e. The van der Waals surface area contributed by atoms with E-state index in [-0.39, 0.29) is 63.5 Å². The summed E-state index contributed by atoms with van der Waals surface area (Å²) in [5, 5.41) is 39.3. The number of aliphatic imine (C=N–C) groups is 1. The van der Waals surface area contributed by atoms with Gasteiger partial charge < -0.3 is 92.1 Å². The fraction of sp³-hybridized carbons (Fsp3) is 0.650. The third-order valence-electron chi connectivity index (χ3n) is 10.2. The smallest absolute Gasteiger partial charge is 0.326 e. The number of nitrogens with zero attached hydrogens (tertiary/aromatic N) is 2. The Morgan fingerprint density at radius 1 is 0.686 bits per heavy atom. The summed E-state index contributed by atoms with van der Waals surface area (Å²) in [5.74, 6) is -10.0. The third-order valence-corrected chi connectivity index (χ3v) is 10.5. The standard InChI is InChI=1S/C40H71N17O12S/c1-20(51-36(65)27(15-29(44)59)56-33(62)23(43)14-22-16-47-19-50-22)32(61)53-25(9-4-6-12-42)35(64)57-31(21(2)58)38(67)54-24(8-3-5-11-41)34(63)49-17-30(60)52-28(18-70)37(66)55-26(39(68)69)10-7-13-48-40(45)46/h16,19-21,23-28,31,58,70H,3-15,17-18,41-43H2,1-2H3,(H2,44,59)(H,47,50)(H,49,63)(H,51,65)(H,52,60)(H,53,61)(H,54,67)(H,55,66)(H,56,62)(H,57,64)(H,68,69)(H4,45,46,48)/t20-,21+,23-,24-,25-,26-,27-,28-,31-/m0/s1. The summed E-state index contributed by atoms with van der Waals surface area (Å²) in [6.45, 7) is 2.30. The Balaban J connectivity index is 3.08. The monoisotopic (exact) mass is 1010 g/mol. The summed E-state index contributed by atoms with van der Waals surface area (Å²) in [5.41, 5.74) is 33.6. The largest absolute Gasteiger partial charge is 0.480 e. The summed E-state index contributed by atoms with van der Waals surface area (Å²) in [7, 11) is 0. The van der Waals surface area contributed by atoms with Gasteiger partial charge in [-0.2, -0.15) is 12.6 Å². The minimum atomic E-state index is -1.71. The SMILES string of the molecule is C[C@H](NC(=O)[C@H](CC(N)=O)NC(=O)[C@@H](N)Cc1cnc[nH]1)C(=O)N[C@@H](CCCCN)C(=O)N[C@H](C(=O)N[C@@H](CCCCN)C(=O)NCC(=O)N[C@@H](CS)C(=O)N[C@@H](CCCN=C(N)N)C(=O)O)[C@@H](C)O. The van der Waals surface area contributed by atoms with Gasteiger partial charge in [-0.3, -0.25) is 48.1 Å². The predicted molar refractivity (Wildman–Crippen MR) is 255 cm³/mol. The Morgan fingerprint density at radius 2 is 1.23 bits per heavy atom. The topological polar surface area (TPSA) is 505 Å². The molecule has 1 aromatic rings. The molecule has 1 heterocycles. The summed E-state index contributed by atoms with van der Waals surface area (Å²) < 4.78 is 0.